The first-order valence-electron chi connectivity index (χ1n) is 8.94. The predicted molar refractivity (Wildman–Crippen MR) is 104 cm³/mol. The van der Waals surface area contributed by atoms with Gasteiger partial charge < -0.3 is 10.1 Å². The molecular weight excluding hydrogens is 394 g/mol. The zero-order chi connectivity index (χ0) is 19.1. The molecule has 0 aromatic heterocycles. The molecule has 1 heterocycles. The van der Waals surface area contributed by atoms with Gasteiger partial charge in [-0.15, -0.1) is 0 Å². The van der Waals surface area contributed by atoms with Crippen LogP contribution in [0.5, 0.6) is 0 Å². The number of benzene rings is 1. The van der Waals surface area contributed by atoms with Crippen LogP contribution in [-0.4, -0.2) is 18.4 Å². The minimum absolute atomic E-state index is 0.102. The molecule has 2 aliphatic rings. The number of allylic oxidation sites excluding steroid dienone is 3. The number of rotatable bonds is 3. The third-order valence-corrected chi connectivity index (χ3v) is 5.67. The number of carbonyl (C=O) groups is 2. The van der Waals surface area contributed by atoms with Crippen molar-refractivity contribution in [3.05, 3.63) is 56.8 Å². The molecule has 0 saturated heterocycles. The van der Waals surface area contributed by atoms with Gasteiger partial charge in [0.2, 0.25) is 0 Å². The summed E-state index contributed by atoms with van der Waals surface area (Å²) in [5, 5.41) is 3.32. The van der Waals surface area contributed by atoms with E-state index in [9.17, 15) is 9.59 Å². The van der Waals surface area contributed by atoms with Gasteiger partial charge in [0.25, 0.3) is 0 Å². The molecule has 5 heteroatoms. The van der Waals surface area contributed by atoms with Crippen molar-refractivity contribution in [2.24, 2.45) is 5.41 Å². The van der Waals surface area contributed by atoms with E-state index in [0.29, 0.717) is 17.8 Å². The minimum Gasteiger partial charge on any atom is -0.463 e. The topological polar surface area (TPSA) is 55.4 Å². The zero-order valence-electron chi connectivity index (χ0n) is 15.6. The summed E-state index contributed by atoms with van der Waals surface area (Å²) in [4.78, 5) is 26.1. The Labute approximate surface area is 162 Å². The van der Waals surface area contributed by atoms with E-state index in [1.165, 1.54) is 0 Å². The molecule has 1 N–H and O–H groups in total. The molecule has 0 bridgehead atoms. The lowest BCUT2D eigenvalue weighted by Crippen LogP contribution is -2.40. The highest BCUT2D eigenvalue weighted by Crippen LogP contribution is 2.47. The number of carbonyl (C=O) groups excluding carboxylic acids is 2. The van der Waals surface area contributed by atoms with Gasteiger partial charge in [0.05, 0.1) is 12.2 Å². The number of hydrogen-bond donors (Lipinski definition) is 1. The molecule has 1 aliphatic carbocycles. The maximum atomic E-state index is 13.3. The maximum Gasteiger partial charge on any atom is 0.336 e. The van der Waals surface area contributed by atoms with Gasteiger partial charge in [0.15, 0.2) is 5.78 Å². The highest BCUT2D eigenvalue weighted by molar-refractivity contribution is 9.10. The second-order valence-electron chi connectivity index (χ2n) is 7.48. The van der Waals surface area contributed by atoms with Crippen LogP contribution in [0.2, 0.25) is 0 Å². The molecular formula is C21H24BrNO3. The Hall–Kier alpha value is -1.88. The molecule has 3 rings (SSSR count). The molecule has 1 aromatic carbocycles. The molecule has 1 atom stereocenters. The number of esters is 1. The third kappa shape index (κ3) is 3.25. The van der Waals surface area contributed by atoms with Crippen molar-refractivity contribution in [3.8, 4) is 0 Å². The summed E-state index contributed by atoms with van der Waals surface area (Å²) in [6.45, 7) is 7.92. The third-order valence-electron chi connectivity index (χ3n) is 5.18. The summed E-state index contributed by atoms with van der Waals surface area (Å²) < 4.78 is 6.23. The van der Waals surface area contributed by atoms with Gasteiger partial charge in [-0.25, -0.2) is 4.79 Å². The summed E-state index contributed by atoms with van der Waals surface area (Å²) in [6, 6.07) is 7.81. The molecule has 4 nitrogen and oxygen atoms in total. The Morgan fingerprint density at radius 2 is 2.12 bits per heavy atom. The smallest absolute Gasteiger partial charge is 0.336 e. The number of Topliss-reactive ketones (excluding diaryl/α,β-unsaturated/α-hetero) is 1. The van der Waals surface area contributed by atoms with Crippen LogP contribution >= 0.6 is 15.9 Å². The molecule has 26 heavy (non-hydrogen) atoms. The molecule has 0 radical (unpaired) electrons. The van der Waals surface area contributed by atoms with Crippen LogP contribution in [0.15, 0.2) is 51.3 Å². The van der Waals surface area contributed by atoms with Crippen LogP contribution in [0.4, 0.5) is 0 Å². The zero-order valence-corrected chi connectivity index (χ0v) is 17.2. The number of ketones is 1. The fraction of sp³-hybridized carbons (Fsp3) is 0.429. The monoisotopic (exact) mass is 417 g/mol. The molecule has 0 fully saturated rings. The molecule has 0 saturated carbocycles. The van der Waals surface area contributed by atoms with E-state index in [1.807, 2.05) is 45.0 Å². The van der Waals surface area contributed by atoms with Crippen molar-refractivity contribution < 1.29 is 14.3 Å². The molecule has 1 aromatic rings. The highest BCUT2D eigenvalue weighted by Gasteiger charge is 2.44. The average molecular weight is 418 g/mol. The van der Waals surface area contributed by atoms with Crippen molar-refractivity contribution in [1.29, 1.82) is 0 Å². The van der Waals surface area contributed by atoms with Gasteiger partial charge in [-0.2, -0.15) is 0 Å². The van der Waals surface area contributed by atoms with Gasteiger partial charge in [-0.1, -0.05) is 41.9 Å². The largest absolute Gasteiger partial charge is 0.463 e. The van der Waals surface area contributed by atoms with Crippen molar-refractivity contribution in [2.75, 3.05) is 6.61 Å². The fourth-order valence-electron chi connectivity index (χ4n) is 3.78. The van der Waals surface area contributed by atoms with E-state index in [1.54, 1.807) is 6.92 Å². The lowest BCUT2D eigenvalue weighted by atomic mass is 9.67. The number of hydrogen-bond acceptors (Lipinski definition) is 4. The van der Waals surface area contributed by atoms with E-state index in [-0.39, 0.29) is 11.8 Å². The number of nitrogens with one attached hydrogen (secondary N) is 1. The fourth-order valence-corrected chi connectivity index (χ4v) is 4.19. The Morgan fingerprint density at radius 1 is 1.38 bits per heavy atom. The quantitative estimate of drug-likeness (QED) is 0.729. The summed E-state index contributed by atoms with van der Waals surface area (Å²) in [5.74, 6) is -0.675. The molecule has 138 valence electrons. The van der Waals surface area contributed by atoms with Gasteiger partial charge >= 0.3 is 5.97 Å². The van der Waals surface area contributed by atoms with E-state index < -0.39 is 11.3 Å². The molecule has 1 aliphatic heterocycles. The summed E-state index contributed by atoms with van der Waals surface area (Å²) in [6.07, 6.45) is 1.59. The number of dihydropyridines is 1. The molecule has 1 unspecified atom stereocenters. The van der Waals surface area contributed by atoms with Crippen LogP contribution in [0.3, 0.4) is 0 Å². The summed E-state index contributed by atoms with van der Waals surface area (Å²) >= 11 is 3.51. The Kier molecular flexibility index (Phi) is 5.11. The van der Waals surface area contributed by atoms with E-state index in [4.69, 9.17) is 4.74 Å². The van der Waals surface area contributed by atoms with Crippen LogP contribution < -0.4 is 5.32 Å². The SMILES string of the molecule is CCOC(=O)C1=C(C)NC2=C(C(=O)C(C)(C)CC2)C1c1cccc(Br)c1. The van der Waals surface area contributed by atoms with E-state index in [0.717, 1.165) is 34.3 Å². The second kappa shape index (κ2) is 7.03. The summed E-state index contributed by atoms with van der Waals surface area (Å²) in [5.41, 5.74) is 3.41. The van der Waals surface area contributed by atoms with Crippen molar-refractivity contribution in [1.82, 2.24) is 5.32 Å². The number of ether oxygens (including phenoxy) is 1. The molecule has 0 spiro atoms. The Bertz CT molecular complexity index is 835. The first-order valence-corrected chi connectivity index (χ1v) is 9.73. The van der Waals surface area contributed by atoms with Gasteiger partial charge in [-0.3, -0.25) is 4.79 Å². The Balaban J connectivity index is 2.20. The normalized spacial score (nSPS) is 22.0. The maximum absolute atomic E-state index is 13.3. The second-order valence-corrected chi connectivity index (χ2v) is 8.39. The van der Waals surface area contributed by atoms with Crippen LogP contribution in [-0.2, 0) is 14.3 Å². The lowest BCUT2D eigenvalue weighted by molar-refractivity contribution is -0.138. The lowest BCUT2D eigenvalue weighted by Gasteiger charge is -2.39. The van der Waals surface area contributed by atoms with Gasteiger partial charge in [0, 0.05) is 32.8 Å². The standard InChI is InChI=1S/C21H24BrNO3/c1-5-26-20(25)16-12(2)23-15-9-10-21(3,4)19(24)18(15)17(16)13-7-6-8-14(22)11-13/h6-8,11,17,23H,5,9-10H2,1-4H3. The molecule has 0 amide bonds. The Morgan fingerprint density at radius 3 is 2.77 bits per heavy atom. The van der Waals surface area contributed by atoms with Gasteiger partial charge in [-0.05, 0) is 44.4 Å². The highest BCUT2D eigenvalue weighted by atomic mass is 79.9. The van der Waals surface area contributed by atoms with Crippen LogP contribution in [0, 0.1) is 5.41 Å². The predicted octanol–water partition coefficient (Wildman–Crippen LogP) is 4.62. The first kappa shape index (κ1) is 18.9. The van der Waals surface area contributed by atoms with E-state index >= 15 is 0 Å². The first-order chi connectivity index (χ1) is 12.3. The average Bonchev–Trinajstić information content (AvgIpc) is 2.57. The van der Waals surface area contributed by atoms with Crippen LogP contribution in [0.25, 0.3) is 0 Å². The van der Waals surface area contributed by atoms with Crippen LogP contribution in [0.1, 0.15) is 52.0 Å². The van der Waals surface area contributed by atoms with Crippen molar-refractivity contribution >= 4 is 27.7 Å². The van der Waals surface area contributed by atoms with Gasteiger partial charge in [0.1, 0.15) is 0 Å². The minimum atomic E-state index is -0.435. The van der Waals surface area contributed by atoms with Crippen molar-refractivity contribution in [3.63, 3.8) is 0 Å². The van der Waals surface area contributed by atoms with Crippen molar-refractivity contribution in [2.45, 2.75) is 46.5 Å². The number of halogens is 1. The van der Waals surface area contributed by atoms with E-state index in [2.05, 4.69) is 21.2 Å². The summed E-state index contributed by atoms with van der Waals surface area (Å²) in [7, 11) is 0.